The Morgan fingerprint density at radius 1 is 1.03 bits per heavy atom. The second kappa shape index (κ2) is 13.1. The van der Waals surface area contributed by atoms with E-state index in [1.807, 2.05) is 36.4 Å². The summed E-state index contributed by atoms with van der Waals surface area (Å²) in [5.74, 6) is 2.09. The first-order chi connectivity index (χ1) is 14.8. The highest BCUT2D eigenvalue weighted by molar-refractivity contribution is 14.0. The standard InChI is InChI=1S/C24H34N4O3.HI/c1-24(2,19-10-11-20(30-5)21(15-19)31-6)16-28-23(26-4)27-13-12-17-8-7-9-18(14-17)22(29)25-3;/h7-11,14-15H,12-13,16H2,1-6H3,(H,25,29)(H2,26,27,28);1H. The Balaban J connectivity index is 0.00000512. The molecule has 0 aliphatic rings. The first-order valence-corrected chi connectivity index (χ1v) is 10.3. The number of halogens is 1. The van der Waals surface area contributed by atoms with Crippen molar-refractivity contribution >= 4 is 35.8 Å². The van der Waals surface area contributed by atoms with Gasteiger partial charge in [0.2, 0.25) is 0 Å². The predicted molar refractivity (Wildman–Crippen MR) is 141 cm³/mol. The van der Waals surface area contributed by atoms with E-state index in [-0.39, 0.29) is 35.3 Å². The molecule has 0 aliphatic heterocycles. The van der Waals surface area contributed by atoms with Crippen LogP contribution >= 0.6 is 24.0 Å². The van der Waals surface area contributed by atoms with Crippen LogP contribution in [-0.2, 0) is 11.8 Å². The van der Waals surface area contributed by atoms with Crippen molar-refractivity contribution in [3.63, 3.8) is 0 Å². The van der Waals surface area contributed by atoms with Crippen molar-refractivity contribution in [3.05, 3.63) is 59.2 Å². The molecule has 2 aromatic carbocycles. The van der Waals surface area contributed by atoms with Crippen molar-refractivity contribution in [1.29, 1.82) is 0 Å². The third kappa shape index (κ3) is 7.58. The Kier molecular flexibility index (Phi) is 11.3. The van der Waals surface area contributed by atoms with Crippen LogP contribution in [0, 0.1) is 0 Å². The van der Waals surface area contributed by atoms with Crippen LogP contribution in [0.2, 0.25) is 0 Å². The molecular formula is C24H35IN4O3. The summed E-state index contributed by atoms with van der Waals surface area (Å²) in [5, 5.41) is 9.39. The quantitative estimate of drug-likeness (QED) is 0.252. The molecule has 0 heterocycles. The highest BCUT2D eigenvalue weighted by atomic mass is 127. The van der Waals surface area contributed by atoms with E-state index in [4.69, 9.17) is 9.47 Å². The lowest BCUT2D eigenvalue weighted by atomic mass is 9.84. The molecule has 0 saturated carbocycles. The average Bonchev–Trinajstić information content (AvgIpc) is 2.80. The van der Waals surface area contributed by atoms with Gasteiger partial charge in [0.15, 0.2) is 17.5 Å². The molecule has 7 nitrogen and oxygen atoms in total. The summed E-state index contributed by atoms with van der Waals surface area (Å²) in [6, 6.07) is 13.6. The van der Waals surface area contributed by atoms with Crippen LogP contribution in [-0.4, -0.2) is 53.3 Å². The van der Waals surface area contributed by atoms with E-state index >= 15 is 0 Å². The molecule has 8 heteroatoms. The maximum absolute atomic E-state index is 11.8. The zero-order valence-electron chi connectivity index (χ0n) is 19.7. The zero-order chi connectivity index (χ0) is 22.9. The van der Waals surface area contributed by atoms with E-state index in [1.54, 1.807) is 28.3 Å². The Morgan fingerprint density at radius 3 is 2.38 bits per heavy atom. The van der Waals surface area contributed by atoms with Crippen LogP contribution in [0.15, 0.2) is 47.5 Å². The van der Waals surface area contributed by atoms with Crippen molar-refractivity contribution < 1.29 is 14.3 Å². The van der Waals surface area contributed by atoms with Crippen LogP contribution in [0.1, 0.15) is 35.3 Å². The molecule has 0 atom stereocenters. The summed E-state index contributed by atoms with van der Waals surface area (Å²) in [6.45, 7) is 5.72. The number of rotatable bonds is 9. The number of guanidine groups is 1. The molecule has 176 valence electrons. The van der Waals surface area contributed by atoms with Crippen LogP contribution in [0.4, 0.5) is 0 Å². The average molecular weight is 554 g/mol. The minimum atomic E-state index is -0.154. The lowest BCUT2D eigenvalue weighted by Gasteiger charge is -2.27. The first kappa shape index (κ1) is 27.5. The second-order valence-electron chi connectivity index (χ2n) is 7.84. The molecule has 0 saturated heterocycles. The summed E-state index contributed by atoms with van der Waals surface area (Å²) in [5.41, 5.74) is 2.74. The minimum Gasteiger partial charge on any atom is -0.493 e. The molecule has 0 aromatic heterocycles. The largest absolute Gasteiger partial charge is 0.493 e. The number of amides is 1. The number of nitrogens with one attached hydrogen (secondary N) is 3. The van der Waals surface area contributed by atoms with E-state index in [9.17, 15) is 4.79 Å². The van der Waals surface area contributed by atoms with Gasteiger partial charge in [0.05, 0.1) is 14.2 Å². The summed E-state index contributed by atoms with van der Waals surface area (Å²) in [4.78, 5) is 16.1. The third-order valence-electron chi connectivity index (χ3n) is 5.21. The fourth-order valence-corrected chi connectivity index (χ4v) is 3.22. The van der Waals surface area contributed by atoms with Gasteiger partial charge in [0, 0.05) is 38.2 Å². The van der Waals surface area contributed by atoms with Crippen molar-refractivity contribution in [2.24, 2.45) is 4.99 Å². The number of methoxy groups -OCH3 is 2. The second-order valence-corrected chi connectivity index (χ2v) is 7.84. The van der Waals surface area contributed by atoms with Gasteiger partial charge < -0.3 is 25.4 Å². The number of aliphatic imine (C=N–C) groups is 1. The molecule has 0 bridgehead atoms. The number of nitrogens with zero attached hydrogens (tertiary/aromatic N) is 1. The third-order valence-corrected chi connectivity index (χ3v) is 5.21. The Labute approximate surface area is 208 Å². The molecule has 0 unspecified atom stereocenters. The van der Waals surface area contributed by atoms with Gasteiger partial charge in [0.25, 0.3) is 5.91 Å². The van der Waals surface area contributed by atoms with Crippen molar-refractivity contribution in [2.45, 2.75) is 25.7 Å². The molecule has 0 fully saturated rings. The van der Waals surface area contributed by atoms with Gasteiger partial charge in [-0.05, 0) is 41.8 Å². The topological polar surface area (TPSA) is 84.0 Å². The molecule has 3 N–H and O–H groups in total. The Morgan fingerprint density at radius 2 is 1.75 bits per heavy atom. The summed E-state index contributed by atoms with van der Waals surface area (Å²) < 4.78 is 10.8. The van der Waals surface area contributed by atoms with Gasteiger partial charge in [-0.3, -0.25) is 9.79 Å². The van der Waals surface area contributed by atoms with E-state index in [1.165, 1.54) is 0 Å². The maximum atomic E-state index is 11.8. The van der Waals surface area contributed by atoms with E-state index in [2.05, 4.69) is 40.9 Å². The van der Waals surface area contributed by atoms with Crippen molar-refractivity contribution in [3.8, 4) is 11.5 Å². The first-order valence-electron chi connectivity index (χ1n) is 10.3. The summed E-state index contributed by atoms with van der Waals surface area (Å²) >= 11 is 0. The molecule has 0 aliphatic carbocycles. The fraction of sp³-hybridized carbons (Fsp3) is 0.417. The summed E-state index contributed by atoms with van der Waals surface area (Å²) in [6.07, 6.45) is 0.782. The number of benzene rings is 2. The van der Waals surface area contributed by atoms with Gasteiger partial charge in [-0.2, -0.15) is 0 Å². The SMILES string of the molecule is CN=C(NCCc1cccc(C(=O)NC)c1)NCC(C)(C)c1ccc(OC)c(OC)c1.I. The smallest absolute Gasteiger partial charge is 0.251 e. The number of carbonyl (C=O) groups is 1. The van der Waals surface area contributed by atoms with Gasteiger partial charge in [-0.1, -0.05) is 32.0 Å². The van der Waals surface area contributed by atoms with Crippen LogP contribution in [0.5, 0.6) is 11.5 Å². The van der Waals surface area contributed by atoms with Crippen LogP contribution in [0.3, 0.4) is 0 Å². The van der Waals surface area contributed by atoms with Gasteiger partial charge in [0.1, 0.15) is 0 Å². The lowest BCUT2D eigenvalue weighted by molar-refractivity contribution is 0.0963. The maximum Gasteiger partial charge on any atom is 0.251 e. The van der Waals surface area contributed by atoms with E-state index in [0.29, 0.717) is 24.4 Å². The molecule has 1 amide bonds. The van der Waals surface area contributed by atoms with E-state index in [0.717, 1.165) is 29.3 Å². The molecule has 0 radical (unpaired) electrons. The lowest BCUT2D eigenvalue weighted by Crippen LogP contribution is -2.44. The summed E-state index contributed by atoms with van der Waals surface area (Å²) in [7, 11) is 6.67. The van der Waals surface area contributed by atoms with Crippen LogP contribution in [0.25, 0.3) is 0 Å². The van der Waals surface area contributed by atoms with Crippen molar-refractivity contribution in [1.82, 2.24) is 16.0 Å². The highest BCUT2D eigenvalue weighted by Gasteiger charge is 2.22. The normalized spacial score (nSPS) is 11.2. The van der Waals surface area contributed by atoms with Crippen molar-refractivity contribution in [2.75, 3.05) is 41.4 Å². The number of hydrogen-bond acceptors (Lipinski definition) is 4. The molecule has 32 heavy (non-hydrogen) atoms. The predicted octanol–water partition coefficient (Wildman–Crippen LogP) is 3.37. The van der Waals surface area contributed by atoms with Gasteiger partial charge >= 0.3 is 0 Å². The number of ether oxygens (including phenoxy) is 2. The molecule has 0 spiro atoms. The Bertz CT molecular complexity index is 916. The zero-order valence-corrected chi connectivity index (χ0v) is 22.1. The number of carbonyl (C=O) groups excluding carboxylic acids is 1. The molecule has 2 aromatic rings. The fourth-order valence-electron chi connectivity index (χ4n) is 3.22. The number of hydrogen-bond donors (Lipinski definition) is 3. The highest BCUT2D eigenvalue weighted by Crippen LogP contribution is 2.32. The van der Waals surface area contributed by atoms with Gasteiger partial charge in [-0.25, -0.2) is 0 Å². The molecular weight excluding hydrogens is 519 g/mol. The van der Waals surface area contributed by atoms with Gasteiger partial charge in [-0.15, -0.1) is 24.0 Å². The molecule has 2 rings (SSSR count). The monoisotopic (exact) mass is 554 g/mol. The van der Waals surface area contributed by atoms with Crippen LogP contribution < -0.4 is 25.4 Å². The Hall–Kier alpha value is -2.49. The van der Waals surface area contributed by atoms with E-state index < -0.39 is 0 Å². The minimum absolute atomic E-state index is 0.